The zero-order chi connectivity index (χ0) is 17.8. The molecule has 2 aromatic heterocycles. The largest absolute Gasteiger partial charge is 0.309 e. The van der Waals surface area contributed by atoms with Gasteiger partial charge in [0.25, 0.3) is 0 Å². The van der Waals surface area contributed by atoms with Crippen LogP contribution in [0.2, 0.25) is 0 Å². The van der Waals surface area contributed by atoms with E-state index in [-0.39, 0.29) is 12.3 Å². The van der Waals surface area contributed by atoms with Gasteiger partial charge in [0.15, 0.2) is 12.1 Å². The summed E-state index contributed by atoms with van der Waals surface area (Å²) in [6.45, 7) is 3.26. The summed E-state index contributed by atoms with van der Waals surface area (Å²) in [5, 5.41) is 3.50. The molecule has 0 aromatic carbocycles. The lowest BCUT2D eigenvalue weighted by Crippen LogP contribution is -2.35. The SMILES string of the molecule is CCC1CNC(C2N=C(c3ccc(C#Cc4ccccn4)cn3)NO2)C1. The molecular weight excluding hydrogens is 326 g/mol. The Labute approximate surface area is 153 Å². The first-order valence-electron chi connectivity index (χ1n) is 8.94. The maximum absolute atomic E-state index is 5.64. The number of hydrogen-bond donors (Lipinski definition) is 2. The van der Waals surface area contributed by atoms with Crippen LogP contribution in [0.25, 0.3) is 0 Å². The third-order valence-electron chi connectivity index (χ3n) is 4.72. The zero-order valence-electron chi connectivity index (χ0n) is 14.6. The lowest BCUT2D eigenvalue weighted by molar-refractivity contribution is 0.0177. The molecule has 0 aliphatic carbocycles. The lowest BCUT2D eigenvalue weighted by atomic mass is 10.0. The van der Waals surface area contributed by atoms with Crippen LogP contribution in [0.15, 0.2) is 47.7 Å². The Kier molecular flexibility index (Phi) is 4.91. The summed E-state index contributed by atoms with van der Waals surface area (Å²) in [5.41, 5.74) is 5.23. The average Bonchev–Trinajstić information content (AvgIpc) is 3.37. The number of nitrogens with zero attached hydrogens (tertiary/aromatic N) is 3. The third kappa shape index (κ3) is 3.74. The van der Waals surface area contributed by atoms with Crippen LogP contribution in [0, 0.1) is 17.8 Å². The maximum atomic E-state index is 5.64. The number of hydrogen-bond acceptors (Lipinski definition) is 6. The molecule has 3 unspecified atom stereocenters. The van der Waals surface area contributed by atoms with Gasteiger partial charge in [0, 0.05) is 18.0 Å². The summed E-state index contributed by atoms with van der Waals surface area (Å²) >= 11 is 0. The molecule has 2 aromatic rings. The highest BCUT2D eigenvalue weighted by Crippen LogP contribution is 2.23. The second kappa shape index (κ2) is 7.65. The van der Waals surface area contributed by atoms with Crippen molar-refractivity contribution in [1.29, 1.82) is 0 Å². The molecule has 1 fully saturated rings. The Balaban J connectivity index is 1.43. The number of rotatable bonds is 3. The van der Waals surface area contributed by atoms with Crippen molar-refractivity contribution >= 4 is 5.84 Å². The van der Waals surface area contributed by atoms with Gasteiger partial charge in [-0.15, -0.1) is 0 Å². The molecule has 2 N–H and O–H groups in total. The molecule has 0 radical (unpaired) electrons. The predicted octanol–water partition coefficient (Wildman–Crippen LogP) is 1.87. The Morgan fingerprint density at radius 1 is 1.19 bits per heavy atom. The van der Waals surface area contributed by atoms with Gasteiger partial charge in [0.2, 0.25) is 0 Å². The molecule has 4 rings (SSSR count). The number of aromatic nitrogens is 2. The highest BCUT2D eigenvalue weighted by atomic mass is 16.7. The lowest BCUT2D eigenvalue weighted by Gasteiger charge is -2.13. The van der Waals surface area contributed by atoms with E-state index in [0.29, 0.717) is 11.8 Å². The van der Waals surface area contributed by atoms with Gasteiger partial charge < -0.3 is 5.32 Å². The predicted molar refractivity (Wildman–Crippen MR) is 99.2 cm³/mol. The number of pyridine rings is 2. The van der Waals surface area contributed by atoms with E-state index in [9.17, 15) is 0 Å². The Morgan fingerprint density at radius 3 is 2.88 bits per heavy atom. The van der Waals surface area contributed by atoms with E-state index >= 15 is 0 Å². The molecule has 1 saturated heterocycles. The Morgan fingerprint density at radius 2 is 2.15 bits per heavy atom. The number of aliphatic imine (C=N–C) groups is 1. The first-order valence-corrected chi connectivity index (χ1v) is 8.94. The van der Waals surface area contributed by atoms with Crippen LogP contribution < -0.4 is 10.8 Å². The minimum absolute atomic E-state index is 0.202. The summed E-state index contributed by atoms with van der Waals surface area (Å²) in [4.78, 5) is 18.9. The second-order valence-corrected chi connectivity index (χ2v) is 6.51. The normalized spacial score (nSPS) is 24.5. The van der Waals surface area contributed by atoms with E-state index in [1.54, 1.807) is 12.4 Å². The summed E-state index contributed by atoms with van der Waals surface area (Å²) < 4.78 is 0. The van der Waals surface area contributed by atoms with Crippen LogP contribution >= 0.6 is 0 Å². The highest BCUT2D eigenvalue weighted by molar-refractivity contribution is 5.97. The number of amidine groups is 1. The van der Waals surface area contributed by atoms with E-state index in [0.717, 1.165) is 29.9 Å². The van der Waals surface area contributed by atoms with Crippen molar-refractivity contribution in [3.63, 3.8) is 0 Å². The van der Waals surface area contributed by atoms with Crippen molar-refractivity contribution in [3.05, 3.63) is 59.7 Å². The van der Waals surface area contributed by atoms with Gasteiger partial charge in [0.05, 0.1) is 6.04 Å². The molecule has 0 bridgehead atoms. The molecule has 2 aliphatic heterocycles. The minimum atomic E-state index is -0.202. The van der Waals surface area contributed by atoms with Gasteiger partial charge in [-0.2, -0.15) is 0 Å². The smallest absolute Gasteiger partial charge is 0.192 e. The molecule has 0 amide bonds. The molecule has 4 heterocycles. The van der Waals surface area contributed by atoms with Gasteiger partial charge in [-0.3, -0.25) is 4.98 Å². The fourth-order valence-electron chi connectivity index (χ4n) is 3.14. The molecule has 3 atom stereocenters. The van der Waals surface area contributed by atoms with Gasteiger partial charge in [-0.05, 0) is 49.1 Å². The maximum Gasteiger partial charge on any atom is 0.192 e. The van der Waals surface area contributed by atoms with Crippen LogP contribution in [0.4, 0.5) is 0 Å². The van der Waals surface area contributed by atoms with Crippen molar-refractivity contribution in [1.82, 2.24) is 20.8 Å². The van der Waals surface area contributed by atoms with Crippen LogP contribution in [0.1, 0.15) is 36.7 Å². The van der Waals surface area contributed by atoms with E-state index in [1.807, 2.05) is 30.3 Å². The quantitative estimate of drug-likeness (QED) is 0.830. The van der Waals surface area contributed by atoms with E-state index in [1.165, 1.54) is 6.42 Å². The highest BCUT2D eigenvalue weighted by Gasteiger charge is 2.33. The van der Waals surface area contributed by atoms with E-state index in [2.05, 4.69) is 44.5 Å². The van der Waals surface area contributed by atoms with Gasteiger partial charge in [0.1, 0.15) is 11.4 Å². The summed E-state index contributed by atoms with van der Waals surface area (Å²) in [5.74, 6) is 7.46. The van der Waals surface area contributed by atoms with Gasteiger partial charge in [-0.25, -0.2) is 20.3 Å². The van der Waals surface area contributed by atoms with Crippen molar-refractivity contribution in [2.45, 2.75) is 32.0 Å². The zero-order valence-corrected chi connectivity index (χ0v) is 14.6. The summed E-state index contributed by atoms with van der Waals surface area (Å²) in [6, 6.07) is 9.75. The van der Waals surface area contributed by atoms with Crippen LogP contribution in [-0.4, -0.2) is 34.6 Å². The minimum Gasteiger partial charge on any atom is -0.309 e. The molecule has 26 heavy (non-hydrogen) atoms. The van der Waals surface area contributed by atoms with Gasteiger partial charge >= 0.3 is 0 Å². The number of hydroxylamine groups is 1. The topological polar surface area (TPSA) is 71.4 Å². The number of nitrogens with one attached hydrogen (secondary N) is 2. The van der Waals surface area contributed by atoms with Crippen LogP contribution in [-0.2, 0) is 4.84 Å². The standard InChI is InChI=1S/C20H21N5O/c1-2-14-11-18(23-12-14)20-24-19(25-26-20)17-9-7-15(13-22-17)6-8-16-5-3-4-10-21-16/h3-5,7,9-10,13-14,18,20,23H,2,11-12H2,1H3,(H,24,25). The molecule has 132 valence electrons. The molecule has 2 aliphatic rings. The fourth-order valence-corrected chi connectivity index (χ4v) is 3.14. The summed E-state index contributed by atoms with van der Waals surface area (Å²) in [6.07, 6.45) is 5.54. The van der Waals surface area contributed by atoms with Crippen LogP contribution in [0.3, 0.4) is 0 Å². The van der Waals surface area contributed by atoms with E-state index in [4.69, 9.17) is 4.84 Å². The van der Waals surface area contributed by atoms with Crippen molar-refractivity contribution in [3.8, 4) is 11.8 Å². The van der Waals surface area contributed by atoms with Crippen molar-refractivity contribution in [2.24, 2.45) is 10.9 Å². The third-order valence-corrected chi connectivity index (χ3v) is 4.72. The second-order valence-electron chi connectivity index (χ2n) is 6.51. The van der Waals surface area contributed by atoms with Crippen LogP contribution in [0.5, 0.6) is 0 Å². The molecule has 0 spiro atoms. The van der Waals surface area contributed by atoms with Crippen molar-refractivity contribution in [2.75, 3.05) is 6.54 Å². The van der Waals surface area contributed by atoms with E-state index < -0.39 is 0 Å². The monoisotopic (exact) mass is 347 g/mol. The molecular formula is C20H21N5O. The molecule has 0 saturated carbocycles. The average molecular weight is 347 g/mol. The first-order chi connectivity index (χ1) is 12.8. The van der Waals surface area contributed by atoms with Crippen molar-refractivity contribution < 1.29 is 4.84 Å². The molecule has 6 nitrogen and oxygen atoms in total. The summed E-state index contributed by atoms with van der Waals surface area (Å²) in [7, 11) is 0. The Hall–Kier alpha value is -2.75. The first kappa shape index (κ1) is 16.7. The fraction of sp³-hybridized carbons (Fsp3) is 0.350. The Bertz CT molecular complexity index is 838. The van der Waals surface area contributed by atoms with Gasteiger partial charge in [-0.1, -0.05) is 25.3 Å². The molecule has 6 heteroatoms.